The van der Waals surface area contributed by atoms with Gasteiger partial charge in [-0.25, -0.2) is 0 Å². The van der Waals surface area contributed by atoms with E-state index >= 15 is 0 Å². The van der Waals surface area contributed by atoms with Gasteiger partial charge in [-0.2, -0.15) is 5.10 Å². The largest absolute Gasteiger partial charge is 0.396 e. The number of carbonyl (C=O) groups is 1. The van der Waals surface area contributed by atoms with Crippen molar-refractivity contribution in [3.8, 4) is 0 Å². The molecule has 5 heteroatoms. The Kier molecular flexibility index (Phi) is 5.39. The Labute approximate surface area is 126 Å². The zero-order valence-corrected chi connectivity index (χ0v) is 13.1. The van der Waals surface area contributed by atoms with E-state index in [-0.39, 0.29) is 17.9 Å². The first kappa shape index (κ1) is 16.0. The second-order valence-corrected chi connectivity index (χ2v) is 6.17. The van der Waals surface area contributed by atoms with Crippen LogP contribution in [0.3, 0.4) is 0 Å². The molecule has 1 saturated carbocycles. The maximum Gasteiger partial charge on any atom is 0.271 e. The number of aliphatic hydroxyl groups is 1. The number of hydrogen-bond acceptors (Lipinski definition) is 3. The lowest BCUT2D eigenvalue weighted by molar-refractivity contribution is 0.0846. The van der Waals surface area contributed by atoms with Gasteiger partial charge >= 0.3 is 0 Å². The topological polar surface area (TPSA) is 67.2 Å². The minimum absolute atomic E-state index is 0.0940. The van der Waals surface area contributed by atoms with Crippen LogP contribution in [0.5, 0.6) is 0 Å². The van der Waals surface area contributed by atoms with E-state index in [1.165, 1.54) is 12.8 Å². The normalized spacial score (nSPS) is 16.3. The summed E-state index contributed by atoms with van der Waals surface area (Å²) < 4.78 is 1.93. The number of aromatic nitrogens is 2. The van der Waals surface area contributed by atoms with Crippen LogP contribution in [0.25, 0.3) is 0 Å². The summed E-state index contributed by atoms with van der Waals surface area (Å²) in [7, 11) is 0. The Morgan fingerprint density at radius 1 is 1.43 bits per heavy atom. The molecule has 1 aromatic rings. The smallest absolute Gasteiger partial charge is 0.271 e. The van der Waals surface area contributed by atoms with Crippen LogP contribution < -0.4 is 5.32 Å². The fraction of sp³-hybridized carbons (Fsp3) is 0.750. The van der Waals surface area contributed by atoms with Crippen LogP contribution >= 0.6 is 0 Å². The molecule has 0 saturated heterocycles. The predicted octanol–water partition coefficient (Wildman–Crippen LogP) is 2.53. The fourth-order valence-corrected chi connectivity index (χ4v) is 2.97. The highest BCUT2D eigenvalue weighted by molar-refractivity contribution is 5.92. The highest BCUT2D eigenvalue weighted by atomic mass is 16.3. The summed E-state index contributed by atoms with van der Waals surface area (Å²) in [5.41, 5.74) is 0.255. The van der Waals surface area contributed by atoms with E-state index in [9.17, 15) is 9.90 Å². The van der Waals surface area contributed by atoms with Crippen molar-refractivity contribution in [3.63, 3.8) is 0 Å². The molecule has 0 radical (unpaired) electrons. The molecule has 1 aliphatic rings. The molecule has 1 aliphatic carbocycles. The van der Waals surface area contributed by atoms with Gasteiger partial charge in [0.25, 0.3) is 5.91 Å². The second kappa shape index (κ2) is 7.07. The third-order valence-electron chi connectivity index (χ3n) is 5.00. The number of nitrogens with one attached hydrogen (secondary N) is 1. The second-order valence-electron chi connectivity index (χ2n) is 6.17. The molecule has 0 aliphatic heterocycles. The van der Waals surface area contributed by atoms with E-state index in [1.807, 2.05) is 24.7 Å². The summed E-state index contributed by atoms with van der Waals surface area (Å²) in [6, 6.07) is 2.24. The summed E-state index contributed by atoms with van der Waals surface area (Å²) in [4.78, 5) is 12.2. The molecule has 1 heterocycles. The number of nitrogens with zero attached hydrogens (tertiary/aromatic N) is 2. The Balaban J connectivity index is 1.94. The van der Waals surface area contributed by atoms with Crippen LogP contribution in [-0.4, -0.2) is 33.9 Å². The molecular formula is C16H27N3O2. The molecule has 2 N–H and O–H groups in total. The van der Waals surface area contributed by atoms with Crippen molar-refractivity contribution in [2.75, 3.05) is 13.2 Å². The van der Waals surface area contributed by atoms with Gasteiger partial charge < -0.3 is 10.4 Å². The van der Waals surface area contributed by atoms with Crippen molar-refractivity contribution in [3.05, 3.63) is 18.0 Å². The summed E-state index contributed by atoms with van der Waals surface area (Å²) in [6.45, 7) is 4.67. The lowest BCUT2D eigenvalue weighted by Crippen LogP contribution is -2.39. The van der Waals surface area contributed by atoms with Crippen LogP contribution in [-0.2, 0) is 0 Å². The fourth-order valence-electron chi connectivity index (χ4n) is 2.97. The lowest BCUT2D eigenvalue weighted by atomic mass is 9.83. The van der Waals surface area contributed by atoms with Crippen molar-refractivity contribution in [1.29, 1.82) is 0 Å². The third-order valence-corrected chi connectivity index (χ3v) is 5.00. The van der Waals surface area contributed by atoms with Crippen LogP contribution in [0, 0.1) is 5.41 Å². The van der Waals surface area contributed by atoms with Crippen LogP contribution in [0.15, 0.2) is 12.3 Å². The van der Waals surface area contributed by atoms with Crippen LogP contribution in [0.4, 0.5) is 0 Å². The van der Waals surface area contributed by atoms with Crippen molar-refractivity contribution >= 4 is 5.91 Å². The van der Waals surface area contributed by atoms with Crippen molar-refractivity contribution in [2.45, 2.75) is 58.4 Å². The van der Waals surface area contributed by atoms with E-state index < -0.39 is 0 Å². The molecule has 118 valence electrons. The van der Waals surface area contributed by atoms with Crippen LogP contribution in [0.2, 0.25) is 0 Å². The van der Waals surface area contributed by atoms with Gasteiger partial charge in [0.1, 0.15) is 5.69 Å². The molecule has 1 amide bonds. The Morgan fingerprint density at radius 2 is 2.10 bits per heavy atom. The Bertz CT molecular complexity index is 452. The number of aliphatic hydroxyl groups excluding tert-OH is 1. The van der Waals surface area contributed by atoms with E-state index in [4.69, 9.17) is 0 Å². The number of rotatable bonds is 7. The Morgan fingerprint density at radius 3 is 2.67 bits per heavy atom. The molecule has 0 atom stereocenters. The highest BCUT2D eigenvalue weighted by Gasteiger charge is 2.26. The standard InChI is InChI=1S/C16H27N3O2/c1-3-16(4-2,12-20)11-17-15(21)14-9-10-19(18-14)13-7-5-6-8-13/h9-10,13,20H,3-8,11-12H2,1-2H3,(H,17,21). The molecule has 5 nitrogen and oxygen atoms in total. The van der Waals surface area contributed by atoms with E-state index in [0.717, 1.165) is 25.7 Å². The monoisotopic (exact) mass is 293 g/mol. The van der Waals surface area contributed by atoms with Gasteiger partial charge in [-0.3, -0.25) is 9.48 Å². The first-order chi connectivity index (χ1) is 10.1. The van der Waals surface area contributed by atoms with Gasteiger partial charge in [-0.1, -0.05) is 26.7 Å². The molecule has 1 aromatic heterocycles. The molecule has 1 fully saturated rings. The summed E-state index contributed by atoms with van der Waals surface area (Å²) in [6.07, 6.45) is 8.40. The molecule has 21 heavy (non-hydrogen) atoms. The number of hydrogen-bond donors (Lipinski definition) is 2. The van der Waals surface area contributed by atoms with Crippen molar-refractivity contribution < 1.29 is 9.90 Å². The van der Waals surface area contributed by atoms with Gasteiger partial charge in [0.05, 0.1) is 12.6 Å². The van der Waals surface area contributed by atoms with Gasteiger partial charge in [-0.15, -0.1) is 0 Å². The maximum atomic E-state index is 12.2. The molecular weight excluding hydrogens is 266 g/mol. The minimum atomic E-state index is -0.219. The van der Waals surface area contributed by atoms with Gasteiger partial charge in [0.15, 0.2) is 0 Å². The van der Waals surface area contributed by atoms with Crippen molar-refractivity contribution in [1.82, 2.24) is 15.1 Å². The predicted molar refractivity (Wildman–Crippen MR) is 82.2 cm³/mol. The zero-order chi connectivity index (χ0) is 15.3. The quantitative estimate of drug-likeness (QED) is 0.812. The Hall–Kier alpha value is -1.36. The first-order valence-corrected chi connectivity index (χ1v) is 8.08. The number of carbonyl (C=O) groups excluding carboxylic acids is 1. The van der Waals surface area contributed by atoms with Crippen molar-refractivity contribution in [2.24, 2.45) is 5.41 Å². The van der Waals surface area contributed by atoms with E-state index in [1.54, 1.807) is 6.07 Å². The maximum absolute atomic E-state index is 12.2. The summed E-state index contributed by atoms with van der Waals surface area (Å²) in [5, 5.41) is 16.9. The molecule has 0 bridgehead atoms. The van der Waals surface area contributed by atoms with Gasteiger partial charge in [0, 0.05) is 18.2 Å². The minimum Gasteiger partial charge on any atom is -0.396 e. The molecule has 2 rings (SSSR count). The van der Waals surface area contributed by atoms with E-state index in [2.05, 4.69) is 10.4 Å². The molecule has 0 spiro atoms. The first-order valence-electron chi connectivity index (χ1n) is 8.08. The summed E-state index contributed by atoms with van der Waals surface area (Å²) in [5.74, 6) is -0.147. The molecule has 0 unspecified atom stereocenters. The summed E-state index contributed by atoms with van der Waals surface area (Å²) >= 11 is 0. The van der Waals surface area contributed by atoms with Gasteiger partial charge in [0.2, 0.25) is 0 Å². The number of amides is 1. The van der Waals surface area contributed by atoms with Crippen LogP contribution in [0.1, 0.15) is 68.9 Å². The average Bonchev–Trinajstić information content (AvgIpc) is 3.20. The zero-order valence-electron chi connectivity index (χ0n) is 13.1. The van der Waals surface area contributed by atoms with Gasteiger partial charge in [-0.05, 0) is 31.7 Å². The molecule has 0 aromatic carbocycles. The highest BCUT2D eigenvalue weighted by Crippen LogP contribution is 2.28. The average molecular weight is 293 g/mol. The third kappa shape index (κ3) is 3.64. The van der Waals surface area contributed by atoms with E-state index in [0.29, 0.717) is 18.3 Å². The lowest BCUT2D eigenvalue weighted by Gasteiger charge is -2.29. The SMILES string of the molecule is CCC(CC)(CO)CNC(=O)c1ccn(C2CCCC2)n1.